The van der Waals surface area contributed by atoms with E-state index in [1.165, 1.54) is 29.9 Å². The third kappa shape index (κ3) is 4.81. The van der Waals surface area contributed by atoms with Gasteiger partial charge in [-0.25, -0.2) is 0 Å². The highest BCUT2D eigenvalue weighted by Gasteiger charge is 2.45. The number of ketones is 1. The van der Waals surface area contributed by atoms with Crippen molar-refractivity contribution in [3.63, 3.8) is 0 Å². The zero-order valence-electron chi connectivity index (χ0n) is 17.1. The van der Waals surface area contributed by atoms with E-state index in [1.807, 2.05) is 5.10 Å². The number of halogens is 5. The number of rotatable bonds is 6. The maximum absolute atomic E-state index is 13.3. The molecule has 1 aromatic carbocycles. The number of alkyl halides is 3. The van der Waals surface area contributed by atoms with E-state index in [9.17, 15) is 22.8 Å². The summed E-state index contributed by atoms with van der Waals surface area (Å²) in [5, 5.41) is 5.52. The van der Waals surface area contributed by atoms with Crippen LogP contribution in [0.1, 0.15) is 64.9 Å². The molecule has 172 valence electrons. The first kappa shape index (κ1) is 23.1. The molecule has 0 aliphatic heterocycles. The summed E-state index contributed by atoms with van der Waals surface area (Å²) in [6.07, 6.45) is 2.36. The van der Waals surface area contributed by atoms with Crippen molar-refractivity contribution in [1.29, 1.82) is 0 Å². The molecular formula is C22H22Cl2F3N3O2. The Bertz CT molecular complexity index is 1000. The van der Waals surface area contributed by atoms with Gasteiger partial charge in [-0.1, -0.05) is 29.3 Å². The van der Waals surface area contributed by atoms with E-state index in [0.717, 1.165) is 31.9 Å². The molecule has 2 aliphatic rings. The predicted molar refractivity (Wildman–Crippen MR) is 114 cm³/mol. The lowest BCUT2D eigenvalue weighted by Crippen LogP contribution is -2.40. The third-order valence-electron chi connectivity index (χ3n) is 6.62. The van der Waals surface area contributed by atoms with Crippen molar-refractivity contribution in [2.45, 2.75) is 44.7 Å². The molecule has 0 atom stereocenters. The number of nitrogens with zero attached hydrogens (tertiary/aromatic N) is 2. The number of hydrogen-bond acceptors (Lipinski definition) is 3. The predicted octanol–water partition coefficient (Wildman–Crippen LogP) is 6.03. The number of amides is 1. The van der Waals surface area contributed by atoms with Crippen LogP contribution in [-0.2, 0) is 6.18 Å². The highest BCUT2D eigenvalue weighted by molar-refractivity contribution is 6.40. The molecule has 1 aromatic heterocycles. The lowest BCUT2D eigenvalue weighted by molar-refractivity contribution is -0.141. The number of Topliss-reactive ketones (excluding diaryl/α,β-unsaturated/α-hetero) is 1. The van der Waals surface area contributed by atoms with E-state index in [2.05, 4.69) is 5.10 Å². The number of nitrogens with one attached hydrogen (secondary N) is 1. The highest BCUT2D eigenvalue weighted by Crippen LogP contribution is 2.57. The van der Waals surface area contributed by atoms with Crippen LogP contribution in [-0.4, -0.2) is 39.9 Å². The molecule has 2 saturated carbocycles. The smallest absolute Gasteiger partial charge is 0.331 e. The number of aromatic amines is 1. The Morgan fingerprint density at radius 3 is 2.31 bits per heavy atom. The molecule has 2 aliphatic carbocycles. The van der Waals surface area contributed by atoms with Gasteiger partial charge in [0.25, 0.3) is 5.91 Å². The van der Waals surface area contributed by atoms with Crippen LogP contribution in [0.2, 0.25) is 10.0 Å². The zero-order valence-corrected chi connectivity index (χ0v) is 18.7. The van der Waals surface area contributed by atoms with Gasteiger partial charge in [-0.05, 0) is 62.0 Å². The number of H-pyrrole nitrogens is 1. The van der Waals surface area contributed by atoms with Crippen molar-refractivity contribution in [1.82, 2.24) is 15.1 Å². The van der Waals surface area contributed by atoms with Gasteiger partial charge in [0, 0.05) is 6.54 Å². The highest BCUT2D eigenvalue weighted by atomic mass is 35.5. The summed E-state index contributed by atoms with van der Waals surface area (Å²) in [6, 6.07) is 4.59. The molecule has 1 amide bonds. The monoisotopic (exact) mass is 487 g/mol. The van der Waals surface area contributed by atoms with E-state index in [0.29, 0.717) is 5.41 Å². The van der Waals surface area contributed by atoms with Gasteiger partial charge in [0.05, 0.1) is 33.9 Å². The number of carbonyl (C=O) groups is 2. The Morgan fingerprint density at radius 1 is 1.12 bits per heavy atom. The summed E-state index contributed by atoms with van der Waals surface area (Å²) >= 11 is 12.3. The summed E-state index contributed by atoms with van der Waals surface area (Å²) in [7, 11) is 0. The lowest BCUT2D eigenvalue weighted by Gasteiger charge is -2.33. The molecule has 4 rings (SSSR count). The second kappa shape index (κ2) is 8.71. The van der Waals surface area contributed by atoms with Crippen LogP contribution in [0.5, 0.6) is 0 Å². The molecule has 1 spiro atoms. The fraction of sp³-hybridized carbons (Fsp3) is 0.500. The molecule has 2 aromatic rings. The number of carbonyl (C=O) groups excluding carboxylic acids is 2. The van der Waals surface area contributed by atoms with Crippen molar-refractivity contribution in [2.24, 2.45) is 11.3 Å². The van der Waals surface area contributed by atoms with Gasteiger partial charge < -0.3 is 4.90 Å². The number of benzene rings is 1. The summed E-state index contributed by atoms with van der Waals surface area (Å²) in [4.78, 5) is 27.3. The van der Waals surface area contributed by atoms with Gasteiger partial charge in [0.2, 0.25) is 0 Å². The lowest BCUT2D eigenvalue weighted by atomic mass is 9.79. The molecule has 1 heterocycles. The largest absolute Gasteiger partial charge is 0.433 e. The Morgan fingerprint density at radius 2 is 1.75 bits per heavy atom. The van der Waals surface area contributed by atoms with Gasteiger partial charge in [0.15, 0.2) is 11.5 Å². The summed E-state index contributed by atoms with van der Waals surface area (Å²) < 4.78 is 40.0. The Hall–Kier alpha value is -2.06. The summed E-state index contributed by atoms with van der Waals surface area (Å²) in [6.45, 7) is -0.238. The van der Waals surface area contributed by atoms with Crippen LogP contribution in [0.4, 0.5) is 13.2 Å². The fourth-order valence-corrected chi connectivity index (χ4v) is 5.14. The maximum atomic E-state index is 13.3. The number of aromatic nitrogens is 2. The van der Waals surface area contributed by atoms with Crippen LogP contribution in [0.3, 0.4) is 0 Å². The van der Waals surface area contributed by atoms with E-state index in [-0.39, 0.29) is 28.1 Å². The van der Waals surface area contributed by atoms with Gasteiger partial charge in [-0.3, -0.25) is 14.7 Å². The normalized spacial score (nSPS) is 18.0. The Kier molecular flexibility index (Phi) is 6.29. The van der Waals surface area contributed by atoms with Crippen molar-refractivity contribution < 1.29 is 22.8 Å². The standard InChI is InChI=1S/C22H22Cl2F3N3O2/c23-15-2-1-3-16(24)18(15)17(31)12-30(11-13-4-6-21(7-5-13)8-9-21)20(32)14-10-28-29-19(14)22(25,26)27/h1-3,10,13H,4-9,11-12H2,(H,28,29). The van der Waals surface area contributed by atoms with Gasteiger partial charge in [-0.2, -0.15) is 18.3 Å². The van der Waals surface area contributed by atoms with Crippen LogP contribution < -0.4 is 0 Å². The summed E-state index contributed by atoms with van der Waals surface area (Å²) in [5.41, 5.74) is -1.35. The van der Waals surface area contributed by atoms with Crippen LogP contribution in [0.15, 0.2) is 24.4 Å². The molecule has 10 heteroatoms. The maximum Gasteiger partial charge on any atom is 0.433 e. The molecule has 0 saturated heterocycles. The minimum atomic E-state index is -4.77. The molecular weight excluding hydrogens is 466 g/mol. The first-order valence-electron chi connectivity index (χ1n) is 10.5. The SMILES string of the molecule is O=C(CN(CC1CCC2(CC1)CC2)C(=O)c1cn[nH]c1C(F)(F)F)c1c(Cl)cccc1Cl. The Labute approximate surface area is 193 Å². The second-order valence-electron chi connectivity index (χ2n) is 8.81. The van der Waals surface area contributed by atoms with E-state index in [1.54, 1.807) is 6.07 Å². The van der Waals surface area contributed by atoms with E-state index in [4.69, 9.17) is 23.2 Å². The quantitative estimate of drug-likeness (QED) is 0.505. The van der Waals surface area contributed by atoms with Crippen LogP contribution in [0.25, 0.3) is 0 Å². The minimum Gasteiger partial charge on any atom is -0.331 e. The molecule has 1 N–H and O–H groups in total. The minimum absolute atomic E-state index is 0.0532. The van der Waals surface area contributed by atoms with Gasteiger partial charge in [-0.15, -0.1) is 0 Å². The molecule has 0 unspecified atom stereocenters. The molecule has 0 radical (unpaired) electrons. The molecule has 32 heavy (non-hydrogen) atoms. The first-order chi connectivity index (χ1) is 15.1. The fourth-order valence-electron chi connectivity index (χ4n) is 4.53. The molecule has 2 fully saturated rings. The number of hydrogen-bond donors (Lipinski definition) is 1. The van der Waals surface area contributed by atoms with Crippen molar-refractivity contribution in [2.75, 3.05) is 13.1 Å². The van der Waals surface area contributed by atoms with Gasteiger partial charge in [0.1, 0.15) is 0 Å². The summed E-state index contributed by atoms with van der Waals surface area (Å²) in [5.74, 6) is -1.31. The van der Waals surface area contributed by atoms with Gasteiger partial charge >= 0.3 is 6.18 Å². The zero-order chi connectivity index (χ0) is 23.1. The average molecular weight is 488 g/mol. The average Bonchev–Trinajstić information content (AvgIpc) is 3.27. The first-order valence-corrected chi connectivity index (χ1v) is 11.2. The topological polar surface area (TPSA) is 66.1 Å². The van der Waals surface area contributed by atoms with Crippen molar-refractivity contribution in [3.8, 4) is 0 Å². The molecule has 0 bridgehead atoms. The van der Waals surface area contributed by atoms with Crippen LogP contribution >= 0.6 is 23.2 Å². The van der Waals surface area contributed by atoms with Crippen LogP contribution in [0, 0.1) is 11.3 Å². The van der Waals surface area contributed by atoms with Crippen molar-refractivity contribution >= 4 is 34.9 Å². The van der Waals surface area contributed by atoms with Crippen molar-refractivity contribution in [3.05, 3.63) is 51.3 Å². The van der Waals surface area contributed by atoms with E-state index >= 15 is 0 Å². The van der Waals surface area contributed by atoms with E-state index < -0.39 is 35.7 Å². The molecule has 5 nitrogen and oxygen atoms in total. The third-order valence-corrected chi connectivity index (χ3v) is 7.25. The second-order valence-corrected chi connectivity index (χ2v) is 9.62. The Balaban J connectivity index is 1.58.